The summed E-state index contributed by atoms with van der Waals surface area (Å²) < 4.78 is 13.5. The van der Waals surface area contributed by atoms with Crippen LogP contribution in [0.5, 0.6) is 5.75 Å². The van der Waals surface area contributed by atoms with Gasteiger partial charge in [0.2, 0.25) is 12.8 Å². The van der Waals surface area contributed by atoms with Crippen LogP contribution in [0.1, 0.15) is 102 Å². The topological polar surface area (TPSA) is 143 Å². The van der Waals surface area contributed by atoms with Crippen molar-refractivity contribution in [1.82, 2.24) is 24.9 Å². The number of nitrogens with zero attached hydrogens (tertiary/aromatic N) is 2. The number of rotatable bonds is 15. The molecule has 2 atom stereocenters. The van der Waals surface area contributed by atoms with E-state index in [2.05, 4.69) is 47.4 Å². The third-order valence-electron chi connectivity index (χ3n) is 8.77. The first-order chi connectivity index (χ1) is 25.0. The van der Waals surface area contributed by atoms with Gasteiger partial charge in [-0.25, -0.2) is 4.98 Å². The van der Waals surface area contributed by atoms with Crippen molar-refractivity contribution >= 4 is 52.9 Å². The van der Waals surface area contributed by atoms with Crippen LogP contribution in [0.3, 0.4) is 0 Å². The third kappa shape index (κ3) is 14.0. The van der Waals surface area contributed by atoms with E-state index in [9.17, 15) is 19.2 Å². The highest BCUT2D eigenvalue weighted by atomic mass is 32.2. The molecule has 2 aliphatic carbocycles. The normalized spacial score (nSPS) is 16.7. The molecule has 3 heterocycles. The maximum Gasteiger partial charge on any atom is 0.251 e. The van der Waals surface area contributed by atoms with Crippen LogP contribution in [0.15, 0.2) is 41.0 Å². The van der Waals surface area contributed by atoms with Crippen LogP contribution in [-0.4, -0.2) is 77.3 Å². The molecule has 2 aromatic heterocycles. The molecule has 3 aliphatic rings. The molecule has 3 fully saturated rings. The lowest BCUT2D eigenvalue weighted by Crippen LogP contribution is -2.41. The minimum Gasteiger partial charge on any atom is -0.496 e. The summed E-state index contributed by atoms with van der Waals surface area (Å²) >= 11 is 3.14. The number of fused-ring (bicyclic) bond motifs is 1. The number of hydrogen-bond donors (Lipinski definition) is 3. The number of H-pyrrole nitrogens is 1. The molecule has 52 heavy (non-hydrogen) atoms. The first-order valence-corrected chi connectivity index (χ1v) is 20.0. The number of carbonyl (C=O) groups is 3. The van der Waals surface area contributed by atoms with Crippen LogP contribution in [0.25, 0.3) is 22.3 Å². The molecule has 1 unspecified atom stereocenters. The average molecular weight is 756 g/mol. The summed E-state index contributed by atoms with van der Waals surface area (Å²) in [7, 11) is 1.63. The van der Waals surface area contributed by atoms with Crippen molar-refractivity contribution in [3.63, 3.8) is 0 Å². The van der Waals surface area contributed by atoms with E-state index in [1.54, 1.807) is 30.6 Å². The van der Waals surface area contributed by atoms with E-state index < -0.39 is 0 Å². The number of carbonyl (C=O) groups excluding carboxylic acids is 3. The fraction of sp³-hybridized carbons (Fsp3) is 0.564. The highest BCUT2D eigenvalue weighted by Crippen LogP contribution is 2.31. The van der Waals surface area contributed by atoms with Crippen molar-refractivity contribution in [2.45, 2.75) is 122 Å². The number of hydrogen-bond acceptors (Lipinski definition) is 9. The Hall–Kier alpha value is -3.68. The molecule has 6 rings (SSSR count). The van der Waals surface area contributed by atoms with E-state index in [1.807, 2.05) is 36.3 Å². The molecule has 286 valence electrons. The zero-order valence-electron chi connectivity index (χ0n) is 31.6. The molecular weight excluding hydrogens is 699 g/mol. The van der Waals surface area contributed by atoms with Crippen molar-refractivity contribution in [3.05, 3.63) is 57.0 Å². The minimum atomic E-state index is -0.292. The Labute approximate surface area is 316 Å². The Morgan fingerprint density at radius 3 is 2.44 bits per heavy atom. The second-order valence-electron chi connectivity index (χ2n) is 13.5. The molecule has 1 saturated heterocycles. The molecular formula is C39H57N5O6S2. The number of unbranched alkanes of at least 4 members (excludes halogenated alkanes) is 2. The lowest BCUT2D eigenvalue weighted by molar-refractivity contribution is -0.143. The van der Waals surface area contributed by atoms with Crippen molar-refractivity contribution in [2.24, 2.45) is 0 Å². The van der Waals surface area contributed by atoms with Crippen LogP contribution in [0.2, 0.25) is 0 Å². The zero-order chi connectivity index (χ0) is 38.0. The number of allylic oxidation sites excluding steroid dienone is 1. The highest BCUT2D eigenvalue weighted by Gasteiger charge is 2.28. The quantitative estimate of drug-likeness (QED) is 0.0636. The van der Waals surface area contributed by atoms with Gasteiger partial charge in [-0.2, -0.15) is 0 Å². The molecule has 0 spiro atoms. The van der Waals surface area contributed by atoms with Crippen molar-refractivity contribution in [2.75, 3.05) is 20.3 Å². The lowest BCUT2D eigenvalue weighted by atomic mass is 10.1. The Morgan fingerprint density at radius 2 is 1.90 bits per heavy atom. The number of likely N-dealkylation sites (tertiary alicyclic amines) is 1. The number of aryl methyl sites for hydroxylation is 1. The van der Waals surface area contributed by atoms with Gasteiger partial charge in [-0.05, 0) is 103 Å². The summed E-state index contributed by atoms with van der Waals surface area (Å²) in [6.07, 6.45) is 13.4. The smallest absolute Gasteiger partial charge is 0.251 e. The average Bonchev–Trinajstić information content (AvgIpc) is 4.05. The van der Waals surface area contributed by atoms with Gasteiger partial charge in [-0.1, -0.05) is 19.9 Å². The van der Waals surface area contributed by atoms with E-state index in [-0.39, 0.29) is 17.4 Å². The summed E-state index contributed by atoms with van der Waals surface area (Å²) in [5, 5.41) is 7.09. The van der Waals surface area contributed by atoms with Crippen LogP contribution in [-0.2, 0) is 19.1 Å². The number of benzene rings is 1. The predicted molar refractivity (Wildman–Crippen MR) is 213 cm³/mol. The van der Waals surface area contributed by atoms with E-state index in [0.717, 1.165) is 89.9 Å². The van der Waals surface area contributed by atoms with E-state index >= 15 is 0 Å². The summed E-state index contributed by atoms with van der Waals surface area (Å²) in [6, 6.07) is 6.15. The van der Waals surface area contributed by atoms with Gasteiger partial charge in [-0.15, -0.1) is 17.9 Å². The van der Waals surface area contributed by atoms with Crippen LogP contribution >= 0.6 is 23.3 Å². The van der Waals surface area contributed by atoms with Gasteiger partial charge in [0.05, 0.1) is 29.0 Å². The zero-order valence-corrected chi connectivity index (χ0v) is 33.2. The Bertz CT molecular complexity index is 1630. The first-order valence-electron chi connectivity index (χ1n) is 18.3. The molecule has 1 aromatic carbocycles. The molecule has 0 bridgehead atoms. The number of aromatic amines is 1. The van der Waals surface area contributed by atoms with Crippen molar-refractivity contribution in [1.29, 1.82) is 0 Å². The maximum absolute atomic E-state index is 12.4. The van der Waals surface area contributed by atoms with Gasteiger partial charge < -0.3 is 29.4 Å². The molecule has 3 amide bonds. The van der Waals surface area contributed by atoms with Crippen molar-refractivity contribution in [3.8, 4) is 17.1 Å². The summed E-state index contributed by atoms with van der Waals surface area (Å²) in [6.45, 7) is 15.4. The number of methoxy groups -OCH3 is 1. The van der Waals surface area contributed by atoms with Crippen LogP contribution in [0.4, 0.5) is 0 Å². The fourth-order valence-electron chi connectivity index (χ4n) is 5.35. The molecule has 3 N–H and O–H groups in total. The highest BCUT2D eigenvalue weighted by molar-refractivity contribution is 7.98. The Morgan fingerprint density at radius 1 is 1.15 bits per heavy atom. The largest absolute Gasteiger partial charge is 0.496 e. The second-order valence-corrected chi connectivity index (χ2v) is 15.5. The molecule has 11 nitrogen and oxygen atoms in total. The van der Waals surface area contributed by atoms with Gasteiger partial charge in [0.25, 0.3) is 5.91 Å². The Kier molecular flexibility index (Phi) is 18.4. The maximum atomic E-state index is 12.4. The molecule has 3 aromatic rings. The predicted octanol–water partition coefficient (Wildman–Crippen LogP) is 7.29. The van der Waals surface area contributed by atoms with E-state index in [0.29, 0.717) is 30.0 Å². The number of thiazole rings is 1. The summed E-state index contributed by atoms with van der Waals surface area (Å²) in [4.78, 5) is 53.5. The number of nitrogens with one attached hydrogen (secondary N) is 3. The van der Waals surface area contributed by atoms with Crippen LogP contribution < -0.4 is 20.2 Å². The molecule has 2 saturated carbocycles. The lowest BCUT2D eigenvalue weighted by Gasteiger charge is -2.25. The van der Waals surface area contributed by atoms with Gasteiger partial charge in [0.15, 0.2) is 5.43 Å². The SMILES string of the molecule is C=CCCCCO[C@H](C)C(=O)N1CCCC1C.COc1ccc2c(=O)cc(-c3csc(C(C)C)n3)[nH]c2c1C.O=CNC1CC1.O=CNSC1CC1. The molecule has 13 heteroatoms. The molecule has 1 aliphatic heterocycles. The van der Waals surface area contributed by atoms with Gasteiger partial charge in [0, 0.05) is 58.8 Å². The summed E-state index contributed by atoms with van der Waals surface area (Å²) in [5.74, 6) is 1.30. The number of aromatic nitrogens is 2. The number of ether oxygens (including phenoxy) is 2. The monoisotopic (exact) mass is 755 g/mol. The number of pyridine rings is 1. The van der Waals surface area contributed by atoms with E-state index in [1.165, 1.54) is 37.6 Å². The van der Waals surface area contributed by atoms with Crippen LogP contribution in [0, 0.1) is 6.92 Å². The van der Waals surface area contributed by atoms with Gasteiger partial charge in [0.1, 0.15) is 11.9 Å². The van der Waals surface area contributed by atoms with Gasteiger partial charge in [-0.3, -0.25) is 19.2 Å². The van der Waals surface area contributed by atoms with E-state index in [4.69, 9.17) is 9.47 Å². The number of amides is 3. The fourth-order valence-corrected chi connectivity index (χ4v) is 6.80. The Balaban J connectivity index is 0.000000212. The van der Waals surface area contributed by atoms with Crippen molar-refractivity contribution < 1.29 is 23.9 Å². The standard InChI is InChI=1S/C17H18N2O2S.C14H25NO2.C4H7NOS.C4H7NO/c1-9(2)17-19-13(8-22-17)12-7-14(20)11-5-6-15(21-4)10(3)16(11)18-12;1-4-5-6-7-11-17-13(3)14(16)15-10-8-9-12(15)2;6-3-5-7-4-1-2-4;6-3-5-4-1-2-4/h5-9H,1-4H3,(H,18,20);4,12-13H,1,5-11H2,2-3H3;3-4H,1-2H2,(H,5,6);3-4H,1-2H2,(H,5,6)/t;12?,13-;;/m.1../s1. The first kappa shape index (κ1) is 42.7. The third-order valence-corrected chi connectivity index (χ3v) is 11.0. The summed E-state index contributed by atoms with van der Waals surface area (Å²) in [5.41, 5.74) is 3.29. The second kappa shape index (κ2) is 22.4. The minimum absolute atomic E-state index is 0.00593. The van der Waals surface area contributed by atoms with Gasteiger partial charge >= 0.3 is 0 Å². The molecule has 0 radical (unpaired) electrons.